The fourth-order valence-corrected chi connectivity index (χ4v) is 2.74. The third kappa shape index (κ3) is 3.69. The number of rotatable bonds is 5. The summed E-state index contributed by atoms with van der Waals surface area (Å²) in [5, 5.41) is 1.77. The molecule has 0 N–H and O–H groups in total. The number of carbonyl (C=O) groups is 1. The highest BCUT2D eigenvalue weighted by molar-refractivity contribution is 7.09. The highest BCUT2D eigenvalue weighted by atomic mass is 35.5. The van der Waals surface area contributed by atoms with E-state index < -0.39 is 0 Å². The second kappa shape index (κ2) is 5.99. The molecule has 2 aromatic rings. The minimum Gasteiger partial charge on any atom is -0.281 e. The van der Waals surface area contributed by atoms with Gasteiger partial charge in [-0.2, -0.15) is 0 Å². The lowest BCUT2D eigenvalue weighted by atomic mass is 9.97. The minimum absolute atomic E-state index is 0.127. The summed E-state index contributed by atoms with van der Waals surface area (Å²) in [6.45, 7) is 0. The van der Waals surface area contributed by atoms with E-state index in [1.54, 1.807) is 11.3 Å². The lowest BCUT2D eigenvalue weighted by Crippen LogP contribution is -2.14. The van der Waals surface area contributed by atoms with Gasteiger partial charge in [0.2, 0.25) is 5.24 Å². The fraction of sp³-hybridized carbons (Fsp3) is 0.214. The number of hydrogen-bond donors (Lipinski definition) is 0. The van der Waals surface area contributed by atoms with E-state index in [4.69, 9.17) is 11.6 Å². The molecule has 0 saturated heterocycles. The Morgan fingerprint density at radius 2 is 1.88 bits per heavy atom. The van der Waals surface area contributed by atoms with Gasteiger partial charge in [-0.05, 0) is 41.5 Å². The van der Waals surface area contributed by atoms with Crippen molar-refractivity contribution in [3.63, 3.8) is 0 Å². The summed E-state index contributed by atoms with van der Waals surface area (Å²) in [6.07, 6.45) is 1.44. The molecule has 3 heteroatoms. The van der Waals surface area contributed by atoms with E-state index in [0.717, 1.165) is 12.0 Å². The van der Waals surface area contributed by atoms with E-state index in [0.29, 0.717) is 6.42 Å². The van der Waals surface area contributed by atoms with Crippen molar-refractivity contribution in [1.29, 1.82) is 0 Å². The molecule has 1 nitrogen and oxygen atoms in total. The first-order valence-electron chi connectivity index (χ1n) is 5.51. The van der Waals surface area contributed by atoms with Crippen molar-refractivity contribution >= 4 is 28.2 Å². The molecule has 1 aromatic carbocycles. The van der Waals surface area contributed by atoms with Crippen molar-refractivity contribution in [3.05, 3.63) is 58.3 Å². The second-order valence-electron chi connectivity index (χ2n) is 3.97. The molecule has 88 valence electrons. The highest BCUT2D eigenvalue weighted by Crippen LogP contribution is 2.20. The molecule has 0 bridgehead atoms. The van der Waals surface area contributed by atoms with Crippen molar-refractivity contribution < 1.29 is 4.79 Å². The molecule has 0 fully saturated rings. The largest absolute Gasteiger partial charge is 0.281 e. The molecule has 0 amide bonds. The van der Waals surface area contributed by atoms with Gasteiger partial charge in [0, 0.05) is 10.8 Å². The zero-order valence-electron chi connectivity index (χ0n) is 9.30. The zero-order chi connectivity index (χ0) is 12.1. The third-order valence-corrected chi connectivity index (χ3v) is 3.88. The van der Waals surface area contributed by atoms with Crippen LogP contribution < -0.4 is 0 Å². The zero-order valence-corrected chi connectivity index (χ0v) is 10.9. The van der Waals surface area contributed by atoms with Crippen LogP contribution in [0.25, 0.3) is 0 Å². The maximum atomic E-state index is 11.4. The lowest BCUT2D eigenvalue weighted by molar-refractivity contribution is -0.115. The van der Waals surface area contributed by atoms with Gasteiger partial charge in [0.05, 0.1) is 0 Å². The number of halogens is 1. The molecule has 0 aliphatic rings. The van der Waals surface area contributed by atoms with Gasteiger partial charge in [-0.25, -0.2) is 0 Å². The van der Waals surface area contributed by atoms with Gasteiger partial charge in [-0.3, -0.25) is 4.79 Å². The fourth-order valence-electron chi connectivity index (χ4n) is 1.80. The van der Waals surface area contributed by atoms with Gasteiger partial charge in [-0.1, -0.05) is 36.4 Å². The summed E-state index contributed by atoms with van der Waals surface area (Å²) in [4.78, 5) is 12.7. The Hall–Kier alpha value is -1.12. The molecular formula is C14H13ClOS. The minimum atomic E-state index is -0.248. The van der Waals surface area contributed by atoms with Crippen LogP contribution in [0.5, 0.6) is 0 Å². The van der Waals surface area contributed by atoms with Crippen LogP contribution >= 0.6 is 22.9 Å². The van der Waals surface area contributed by atoms with E-state index in [9.17, 15) is 4.79 Å². The van der Waals surface area contributed by atoms with Gasteiger partial charge < -0.3 is 0 Å². The summed E-state index contributed by atoms with van der Waals surface area (Å²) in [7, 11) is 0. The molecule has 0 aliphatic heterocycles. The molecule has 0 saturated carbocycles. The smallest absolute Gasteiger partial charge is 0.225 e. The van der Waals surface area contributed by atoms with Gasteiger partial charge >= 0.3 is 0 Å². The molecule has 17 heavy (non-hydrogen) atoms. The summed E-state index contributed by atoms with van der Waals surface area (Å²) in [6, 6.07) is 14.0. The van der Waals surface area contributed by atoms with Crippen LogP contribution in [-0.2, 0) is 17.6 Å². The molecule has 0 aliphatic carbocycles. The lowest BCUT2D eigenvalue weighted by Gasteiger charge is -2.11. The summed E-state index contributed by atoms with van der Waals surface area (Å²) in [5.74, 6) is -0.127. The average Bonchev–Trinajstić information content (AvgIpc) is 2.82. The van der Waals surface area contributed by atoms with Gasteiger partial charge in [0.15, 0.2) is 0 Å². The molecule has 0 radical (unpaired) electrons. The number of hydrogen-bond acceptors (Lipinski definition) is 2. The first-order chi connectivity index (χ1) is 8.25. The van der Waals surface area contributed by atoms with Crippen molar-refractivity contribution in [2.24, 2.45) is 5.92 Å². The van der Waals surface area contributed by atoms with Crippen LogP contribution in [-0.4, -0.2) is 5.24 Å². The van der Waals surface area contributed by atoms with Crippen LogP contribution in [0.4, 0.5) is 0 Å². The van der Waals surface area contributed by atoms with Crippen LogP contribution in [0.1, 0.15) is 10.4 Å². The third-order valence-electron chi connectivity index (χ3n) is 2.67. The van der Waals surface area contributed by atoms with Crippen LogP contribution in [0.2, 0.25) is 0 Å². The molecule has 0 spiro atoms. The van der Waals surface area contributed by atoms with Crippen molar-refractivity contribution in [3.8, 4) is 0 Å². The maximum Gasteiger partial charge on any atom is 0.225 e. The Bertz CT molecular complexity index is 464. The van der Waals surface area contributed by atoms with Gasteiger partial charge in [0.1, 0.15) is 0 Å². The van der Waals surface area contributed by atoms with E-state index in [1.807, 2.05) is 47.8 Å². The monoisotopic (exact) mass is 264 g/mol. The van der Waals surface area contributed by atoms with Crippen molar-refractivity contribution in [2.45, 2.75) is 12.8 Å². The van der Waals surface area contributed by atoms with Crippen molar-refractivity contribution in [1.82, 2.24) is 0 Å². The predicted octanol–water partition coefficient (Wildman–Crippen LogP) is 3.91. The Morgan fingerprint density at radius 3 is 2.47 bits per heavy atom. The summed E-state index contributed by atoms with van der Waals surface area (Å²) < 4.78 is 0. The Morgan fingerprint density at radius 1 is 1.12 bits per heavy atom. The number of carbonyl (C=O) groups excluding carboxylic acids is 1. The van der Waals surface area contributed by atoms with E-state index >= 15 is 0 Å². The van der Waals surface area contributed by atoms with Crippen molar-refractivity contribution in [2.75, 3.05) is 0 Å². The first-order valence-corrected chi connectivity index (χ1v) is 6.77. The topological polar surface area (TPSA) is 17.1 Å². The molecule has 1 atom stereocenters. The number of thiophene rings is 1. The Balaban J connectivity index is 2.06. The second-order valence-corrected chi connectivity index (χ2v) is 5.38. The normalized spacial score (nSPS) is 12.3. The molecule has 1 aromatic heterocycles. The van der Waals surface area contributed by atoms with Crippen LogP contribution in [0.3, 0.4) is 0 Å². The summed E-state index contributed by atoms with van der Waals surface area (Å²) >= 11 is 7.34. The quantitative estimate of drug-likeness (QED) is 0.748. The van der Waals surface area contributed by atoms with Crippen LogP contribution in [0, 0.1) is 5.92 Å². The van der Waals surface area contributed by atoms with E-state index in [2.05, 4.69) is 0 Å². The first kappa shape index (κ1) is 12.3. The van der Waals surface area contributed by atoms with E-state index in [-0.39, 0.29) is 11.2 Å². The SMILES string of the molecule is O=C(Cl)C(Cc1ccccc1)Cc1cccs1. The Labute approximate surface area is 110 Å². The standard InChI is InChI=1S/C14H13ClOS/c15-14(16)12(10-13-7-4-8-17-13)9-11-5-2-1-3-6-11/h1-8,12H,9-10H2. The molecule has 1 heterocycles. The molecular weight excluding hydrogens is 252 g/mol. The average molecular weight is 265 g/mol. The number of benzene rings is 1. The van der Waals surface area contributed by atoms with Gasteiger partial charge in [-0.15, -0.1) is 11.3 Å². The van der Waals surface area contributed by atoms with Gasteiger partial charge in [0.25, 0.3) is 0 Å². The van der Waals surface area contributed by atoms with E-state index in [1.165, 1.54) is 4.88 Å². The highest BCUT2D eigenvalue weighted by Gasteiger charge is 2.17. The Kier molecular flexibility index (Phi) is 4.35. The molecule has 1 unspecified atom stereocenters. The predicted molar refractivity (Wildman–Crippen MR) is 72.5 cm³/mol. The molecule has 2 rings (SSSR count). The maximum absolute atomic E-state index is 11.4. The summed E-state index contributed by atoms with van der Waals surface area (Å²) in [5.41, 5.74) is 1.16. The van der Waals surface area contributed by atoms with Crippen LogP contribution in [0.15, 0.2) is 47.8 Å².